The highest BCUT2D eigenvalue weighted by Gasteiger charge is 2.35. The highest BCUT2D eigenvalue weighted by atomic mass is 19.1. The lowest BCUT2D eigenvalue weighted by Crippen LogP contribution is -2.36. The average molecular weight is 468 g/mol. The van der Waals surface area contributed by atoms with Crippen molar-refractivity contribution >= 4 is 23.2 Å². The van der Waals surface area contributed by atoms with Gasteiger partial charge in [-0.05, 0) is 61.1 Å². The summed E-state index contributed by atoms with van der Waals surface area (Å²) >= 11 is 0. The van der Waals surface area contributed by atoms with E-state index in [2.05, 4.69) is 24.4 Å². The fourth-order valence-electron chi connectivity index (χ4n) is 4.71. The van der Waals surface area contributed by atoms with Gasteiger partial charge < -0.3 is 20.2 Å². The lowest BCUT2D eigenvalue weighted by molar-refractivity contribution is -0.126. The summed E-state index contributed by atoms with van der Waals surface area (Å²) < 4.78 is 14.7. The van der Waals surface area contributed by atoms with Gasteiger partial charge in [-0.15, -0.1) is 0 Å². The lowest BCUT2D eigenvalue weighted by atomic mass is 10.1. The molecule has 0 radical (unpaired) electrons. The van der Waals surface area contributed by atoms with E-state index in [1.807, 2.05) is 23.1 Å². The predicted molar refractivity (Wildman–Crippen MR) is 131 cm³/mol. The number of nitrogens with one attached hydrogen (secondary N) is 1. The molecule has 2 aliphatic heterocycles. The second kappa shape index (κ2) is 11.0. The zero-order chi connectivity index (χ0) is 24.1. The number of hydrogen-bond acceptors (Lipinski definition) is 4. The van der Waals surface area contributed by atoms with Crippen molar-refractivity contribution in [2.24, 2.45) is 5.92 Å². The summed E-state index contributed by atoms with van der Waals surface area (Å²) in [5.74, 6) is -0.989. The molecule has 2 aromatic carbocycles. The Morgan fingerprint density at radius 3 is 2.50 bits per heavy atom. The zero-order valence-electron chi connectivity index (χ0n) is 19.8. The molecule has 7 heteroatoms. The number of halogens is 1. The van der Waals surface area contributed by atoms with E-state index in [-0.39, 0.29) is 36.7 Å². The largest absolute Gasteiger partial charge is 0.393 e. The Morgan fingerprint density at radius 1 is 1.12 bits per heavy atom. The molecule has 2 aliphatic rings. The number of unbranched alkanes of at least 4 members (excludes halogenated alkanes) is 1. The monoisotopic (exact) mass is 467 g/mol. The van der Waals surface area contributed by atoms with Gasteiger partial charge >= 0.3 is 0 Å². The van der Waals surface area contributed by atoms with Crippen LogP contribution in [0, 0.1) is 11.7 Å². The number of amides is 2. The van der Waals surface area contributed by atoms with E-state index < -0.39 is 5.92 Å². The van der Waals surface area contributed by atoms with Gasteiger partial charge in [-0.1, -0.05) is 31.5 Å². The Labute approximate surface area is 200 Å². The molecular weight excluding hydrogens is 433 g/mol. The number of piperidine rings is 1. The molecule has 0 aromatic heterocycles. The first kappa shape index (κ1) is 24.2. The number of aliphatic hydroxyl groups is 1. The Hall–Kier alpha value is -2.93. The Kier molecular flexibility index (Phi) is 7.83. The quantitative estimate of drug-likeness (QED) is 0.620. The predicted octanol–water partition coefficient (Wildman–Crippen LogP) is 3.80. The number of benzene rings is 2. The van der Waals surface area contributed by atoms with Crippen LogP contribution in [0.15, 0.2) is 42.5 Å². The summed E-state index contributed by atoms with van der Waals surface area (Å²) in [7, 11) is 0. The zero-order valence-corrected chi connectivity index (χ0v) is 19.8. The molecule has 1 atom stereocenters. The summed E-state index contributed by atoms with van der Waals surface area (Å²) in [5, 5.41) is 12.5. The summed E-state index contributed by atoms with van der Waals surface area (Å²) in [6.45, 7) is 3.98. The van der Waals surface area contributed by atoms with E-state index >= 15 is 0 Å². The third kappa shape index (κ3) is 5.76. The van der Waals surface area contributed by atoms with Crippen molar-refractivity contribution < 1.29 is 19.1 Å². The Bertz CT molecular complexity index is 1000. The van der Waals surface area contributed by atoms with Crippen LogP contribution in [-0.2, 0) is 22.6 Å². The molecule has 0 aliphatic carbocycles. The number of aryl methyl sites for hydroxylation is 1. The minimum Gasteiger partial charge on any atom is -0.393 e. The van der Waals surface area contributed by atoms with E-state index in [4.69, 9.17) is 0 Å². The van der Waals surface area contributed by atoms with Crippen LogP contribution < -0.4 is 15.1 Å². The van der Waals surface area contributed by atoms with E-state index in [0.29, 0.717) is 43.7 Å². The molecule has 2 saturated heterocycles. The number of rotatable bonds is 8. The summed E-state index contributed by atoms with van der Waals surface area (Å²) in [4.78, 5) is 28.9. The standard InChI is InChI=1S/C27H34FN3O3/c1-2-3-4-19-5-8-22(9-6-19)31-18-21(16-26(31)33)27(34)29-17-20-7-10-25(24(28)15-20)30-13-11-23(32)12-14-30/h5-10,15,21,23,32H,2-4,11-14,16-18H2,1H3,(H,29,34). The van der Waals surface area contributed by atoms with Crippen LogP contribution in [0.3, 0.4) is 0 Å². The van der Waals surface area contributed by atoms with Gasteiger partial charge in [-0.25, -0.2) is 4.39 Å². The average Bonchev–Trinajstić information content (AvgIpc) is 3.24. The third-order valence-corrected chi connectivity index (χ3v) is 6.85. The first-order chi connectivity index (χ1) is 16.4. The number of nitrogens with zero attached hydrogens (tertiary/aromatic N) is 2. The van der Waals surface area contributed by atoms with Crippen molar-refractivity contribution in [2.45, 2.75) is 58.1 Å². The first-order valence-electron chi connectivity index (χ1n) is 12.3. The first-order valence-corrected chi connectivity index (χ1v) is 12.3. The van der Waals surface area contributed by atoms with Crippen molar-refractivity contribution in [1.82, 2.24) is 5.32 Å². The molecule has 4 rings (SSSR count). The molecule has 2 fully saturated rings. The molecule has 6 nitrogen and oxygen atoms in total. The van der Waals surface area contributed by atoms with Crippen LogP contribution in [-0.4, -0.2) is 42.7 Å². The Morgan fingerprint density at radius 2 is 1.82 bits per heavy atom. The number of anilines is 2. The molecule has 182 valence electrons. The second-order valence-corrected chi connectivity index (χ2v) is 9.40. The maximum absolute atomic E-state index is 14.7. The van der Waals surface area contributed by atoms with Crippen LogP contribution >= 0.6 is 0 Å². The number of carbonyl (C=O) groups excluding carboxylic acids is 2. The van der Waals surface area contributed by atoms with Crippen LogP contribution in [0.2, 0.25) is 0 Å². The van der Waals surface area contributed by atoms with Crippen LogP contribution in [0.4, 0.5) is 15.8 Å². The van der Waals surface area contributed by atoms with Gasteiger partial charge in [0.05, 0.1) is 17.7 Å². The normalized spacial score (nSPS) is 19.0. The van der Waals surface area contributed by atoms with Gasteiger partial charge in [0.1, 0.15) is 5.82 Å². The van der Waals surface area contributed by atoms with Gasteiger partial charge in [0.15, 0.2) is 0 Å². The van der Waals surface area contributed by atoms with Gasteiger partial charge in [-0.2, -0.15) is 0 Å². The number of hydrogen-bond donors (Lipinski definition) is 2. The van der Waals surface area contributed by atoms with Crippen LogP contribution in [0.25, 0.3) is 0 Å². The Balaban J connectivity index is 1.30. The molecule has 2 heterocycles. The summed E-state index contributed by atoms with van der Waals surface area (Å²) in [6.07, 6.45) is 4.45. The maximum Gasteiger partial charge on any atom is 0.227 e. The molecule has 0 spiro atoms. The molecule has 34 heavy (non-hydrogen) atoms. The molecule has 0 bridgehead atoms. The molecule has 2 N–H and O–H groups in total. The molecule has 0 saturated carbocycles. The van der Waals surface area contributed by atoms with Crippen molar-refractivity contribution in [3.05, 3.63) is 59.4 Å². The highest BCUT2D eigenvalue weighted by Crippen LogP contribution is 2.27. The topological polar surface area (TPSA) is 72.9 Å². The third-order valence-electron chi connectivity index (χ3n) is 6.85. The highest BCUT2D eigenvalue weighted by molar-refractivity contribution is 6.00. The smallest absolute Gasteiger partial charge is 0.227 e. The maximum atomic E-state index is 14.7. The van der Waals surface area contributed by atoms with Crippen molar-refractivity contribution in [3.8, 4) is 0 Å². The van der Waals surface area contributed by atoms with Crippen LogP contribution in [0.1, 0.15) is 50.2 Å². The van der Waals surface area contributed by atoms with E-state index in [9.17, 15) is 19.1 Å². The minimum atomic E-state index is -0.420. The summed E-state index contributed by atoms with van der Waals surface area (Å²) in [6, 6.07) is 13.0. The number of aliphatic hydroxyl groups excluding tert-OH is 1. The van der Waals surface area contributed by atoms with E-state index in [1.165, 1.54) is 11.6 Å². The summed E-state index contributed by atoms with van der Waals surface area (Å²) in [5.41, 5.74) is 3.28. The molecular formula is C27H34FN3O3. The SMILES string of the molecule is CCCCc1ccc(N2CC(C(=O)NCc3ccc(N4CCC(O)CC4)c(F)c3)CC2=O)cc1. The van der Waals surface area contributed by atoms with E-state index in [1.54, 1.807) is 11.0 Å². The van der Waals surface area contributed by atoms with Gasteiger partial charge in [-0.3, -0.25) is 9.59 Å². The molecule has 2 aromatic rings. The fraction of sp³-hybridized carbons (Fsp3) is 0.481. The molecule has 1 unspecified atom stereocenters. The van der Waals surface area contributed by atoms with Crippen molar-refractivity contribution in [1.29, 1.82) is 0 Å². The second-order valence-electron chi connectivity index (χ2n) is 9.40. The van der Waals surface area contributed by atoms with Gasteiger partial charge in [0.2, 0.25) is 11.8 Å². The molecule has 2 amide bonds. The lowest BCUT2D eigenvalue weighted by Gasteiger charge is -2.31. The van der Waals surface area contributed by atoms with Crippen molar-refractivity contribution in [3.63, 3.8) is 0 Å². The van der Waals surface area contributed by atoms with Gasteiger partial charge in [0, 0.05) is 38.3 Å². The number of carbonyl (C=O) groups is 2. The minimum absolute atomic E-state index is 0.0523. The fourth-order valence-corrected chi connectivity index (χ4v) is 4.71. The van der Waals surface area contributed by atoms with Crippen LogP contribution in [0.5, 0.6) is 0 Å². The van der Waals surface area contributed by atoms with E-state index in [0.717, 1.165) is 24.9 Å². The van der Waals surface area contributed by atoms with Gasteiger partial charge in [0.25, 0.3) is 0 Å². The van der Waals surface area contributed by atoms with Crippen molar-refractivity contribution in [2.75, 3.05) is 29.4 Å².